The van der Waals surface area contributed by atoms with Crippen LogP contribution in [0.5, 0.6) is 0 Å². The lowest BCUT2D eigenvalue weighted by Gasteiger charge is -2.20. The molecule has 0 fully saturated rings. The van der Waals surface area contributed by atoms with Gasteiger partial charge in [0.2, 0.25) is 0 Å². The van der Waals surface area contributed by atoms with Gasteiger partial charge in [-0.2, -0.15) is 13.2 Å². The average molecular weight is 304 g/mol. The van der Waals surface area contributed by atoms with Gasteiger partial charge in [0.25, 0.3) is 0 Å². The van der Waals surface area contributed by atoms with Crippen molar-refractivity contribution in [1.82, 2.24) is 4.90 Å². The van der Waals surface area contributed by atoms with E-state index in [4.69, 9.17) is 0 Å². The summed E-state index contributed by atoms with van der Waals surface area (Å²) in [5.74, 6) is 0. The first kappa shape index (κ1) is 17.3. The average Bonchev–Trinajstić information content (AvgIpc) is 2.43. The van der Waals surface area contributed by atoms with Gasteiger partial charge in [-0.15, -0.1) is 0 Å². The SMILES string of the molecule is CCN(CC)Cc1ccccc1NC(=O)OCC(F)(F)F. The van der Waals surface area contributed by atoms with Gasteiger partial charge < -0.3 is 4.74 Å². The van der Waals surface area contributed by atoms with Crippen molar-refractivity contribution in [3.63, 3.8) is 0 Å². The molecule has 0 atom stereocenters. The number of anilines is 1. The summed E-state index contributed by atoms with van der Waals surface area (Å²) in [6.07, 6.45) is -5.64. The van der Waals surface area contributed by atoms with E-state index in [0.717, 1.165) is 18.7 Å². The Morgan fingerprint density at radius 3 is 2.43 bits per heavy atom. The maximum absolute atomic E-state index is 12.0. The number of amides is 1. The third-order valence-electron chi connectivity index (χ3n) is 2.91. The van der Waals surface area contributed by atoms with Gasteiger partial charge in [0.1, 0.15) is 0 Å². The minimum Gasteiger partial charge on any atom is -0.440 e. The molecule has 0 saturated heterocycles. The molecule has 0 bridgehead atoms. The summed E-state index contributed by atoms with van der Waals surface area (Å²) in [5, 5.41) is 2.35. The van der Waals surface area contributed by atoms with E-state index < -0.39 is 18.9 Å². The lowest BCUT2D eigenvalue weighted by atomic mass is 10.1. The molecule has 0 heterocycles. The first-order valence-corrected chi connectivity index (χ1v) is 6.66. The van der Waals surface area contributed by atoms with Crippen LogP contribution in [0, 0.1) is 0 Å². The third kappa shape index (κ3) is 6.48. The predicted octanol–water partition coefficient (Wildman–Crippen LogP) is 3.64. The summed E-state index contributed by atoms with van der Waals surface area (Å²) in [6.45, 7) is 4.70. The van der Waals surface area contributed by atoms with Gasteiger partial charge in [0.15, 0.2) is 6.61 Å². The number of ether oxygens (including phenoxy) is 1. The fraction of sp³-hybridized carbons (Fsp3) is 0.500. The van der Waals surface area contributed by atoms with Gasteiger partial charge >= 0.3 is 12.3 Å². The minimum atomic E-state index is -4.53. The highest BCUT2D eigenvalue weighted by molar-refractivity contribution is 5.85. The van der Waals surface area contributed by atoms with Gasteiger partial charge in [-0.05, 0) is 24.7 Å². The number of benzene rings is 1. The molecule has 21 heavy (non-hydrogen) atoms. The standard InChI is InChI=1S/C14H19F3N2O2/c1-3-19(4-2)9-11-7-5-6-8-12(11)18-13(20)21-10-14(15,16)17/h5-8H,3-4,9-10H2,1-2H3,(H,18,20). The third-order valence-corrected chi connectivity index (χ3v) is 2.91. The summed E-state index contributed by atoms with van der Waals surface area (Å²) in [7, 11) is 0. The quantitative estimate of drug-likeness (QED) is 0.872. The normalized spacial score (nSPS) is 11.5. The maximum atomic E-state index is 12.0. The van der Waals surface area contributed by atoms with Crippen LogP contribution in [0.25, 0.3) is 0 Å². The van der Waals surface area contributed by atoms with E-state index in [1.165, 1.54) is 0 Å². The molecule has 0 saturated carbocycles. The van der Waals surface area contributed by atoms with Crippen LogP contribution in [0.1, 0.15) is 19.4 Å². The molecule has 0 aliphatic rings. The summed E-state index contributed by atoms with van der Waals surface area (Å²) < 4.78 is 40.1. The minimum absolute atomic E-state index is 0.455. The Kier molecular flexibility index (Phi) is 6.48. The van der Waals surface area contributed by atoms with Crippen molar-refractivity contribution >= 4 is 11.8 Å². The largest absolute Gasteiger partial charge is 0.440 e. The lowest BCUT2D eigenvalue weighted by Crippen LogP contribution is -2.25. The molecule has 0 aliphatic carbocycles. The second kappa shape index (κ2) is 7.87. The Morgan fingerprint density at radius 2 is 1.86 bits per heavy atom. The first-order valence-electron chi connectivity index (χ1n) is 6.66. The Balaban J connectivity index is 2.68. The first-order chi connectivity index (χ1) is 9.85. The van der Waals surface area contributed by atoms with Gasteiger partial charge in [-0.25, -0.2) is 4.79 Å². The molecule has 1 N–H and O–H groups in total. The van der Waals surface area contributed by atoms with Gasteiger partial charge in [-0.1, -0.05) is 32.0 Å². The van der Waals surface area contributed by atoms with E-state index in [9.17, 15) is 18.0 Å². The van der Waals surface area contributed by atoms with Crippen LogP contribution in [0.4, 0.5) is 23.7 Å². The zero-order chi connectivity index (χ0) is 15.9. The molecule has 0 radical (unpaired) electrons. The summed E-state index contributed by atoms with van der Waals surface area (Å²) in [4.78, 5) is 13.5. The molecule has 0 aromatic heterocycles. The Labute approximate surface area is 121 Å². The monoisotopic (exact) mass is 304 g/mol. The van der Waals surface area contributed by atoms with E-state index in [-0.39, 0.29) is 0 Å². The second-order valence-electron chi connectivity index (χ2n) is 4.43. The molecule has 1 aromatic rings. The molecule has 118 valence electrons. The summed E-state index contributed by atoms with van der Waals surface area (Å²) >= 11 is 0. The van der Waals surface area contributed by atoms with Crippen molar-refractivity contribution < 1.29 is 22.7 Å². The fourth-order valence-corrected chi connectivity index (χ4v) is 1.76. The number of nitrogens with zero attached hydrogens (tertiary/aromatic N) is 1. The number of carbonyl (C=O) groups is 1. The van der Waals surface area contributed by atoms with Crippen LogP contribution in [0.2, 0.25) is 0 Å². The highest BCUT2D eigenvalue weighted by Crippen LogP contribution is 2.19. The number of hydrogen-bond donors (Lipinski definition) is 1. The zero-order valence-electron chi connectivity index (χ0n) is 12.0. The maximum Gasteiger partial charge on any atom is 0.422 e. The van der Waals surface area contributed by atoms with Crippen molar-refractivity contribution in [2.75, 3.05) is 25.0 Å². The zero-order valence-corrected chi connectivity index (χ0v) is 12.0. The topological polar surface area (TPSA) is 41.6 Å². The second-order valence-corrected chi connectivity index (χ2v) is 4.43. The van der Waals surface area contributed by atoms with Crippen LogP contribution in [0.3, 0.4) is 0 Å². The van der Waals surface area contributed by atoms with Crippen LogP contribution >= 0.6 is 0 Å². The highest BCUT2D eigenvalue weighted by atomic mass is 19.4. The van der Waals surface area contributed by atoms with E-state index in [2.05, 4.69) is 15.0 Å². The number of halogens is 3. The van der Waals surface area contributed by atoms with Gasteiger partial charge in [0, 0.05) is 12.2 Å². The summed E-state index contributed by atoms with van der Waals surface area (Å²) in [5.41, 5.74) is 1.28. The Morgan fingerprint density at radius 1 is 1.24 bits per heavy atom. The molecule has 1 rings (SSSR count). The van der Waals surface area contributed by atoms with E-state index >= 15 is 0 Å². The summed E-state index contributed by atoms with van der Waals surface area (Å²) in [6, 6.07) is 6.96. The molecule has 1 amide bonds. The van der Waals surface area contributed by atoms with Gasteiger partial charge in [-0.3, -0.25) is 10.2 Å². The van der Waals surface area contributed by atoms with Gasteiger partial charge in [0.05, 0.1) is 0 Å². The molecular formula is C14H19F3N2O2. The molecule has 0 unspecified atom stereocenters. The van der Waals surface area contributed by atoms with Crippen LogP contribution < -0.4 is 5.32 Å². The number of alkyl halides is 3. The van der Waals surface area contributed by atoms with E-state index in [1.807, 2.05) is 26.0 Å². The van der Waals surface area contributed by atoms with Crippen molar-refractivity contribution in [3.8, 4) is 0 Å². The Bertz CT molecular complexity index is 460. The molecule has 4 nitrogen and oxygen atoms in total. The molecule has 7 heteroatoms. The van der Waals surface area contributed by atoms with Crippen LogP contribution in [0.15, 0.2) is 24.3 Å². The predicted molar refractivity (Wildman–Crippen MR) is 74.1 cm³/mol. The smallest absolute Gasteiger partial charge is 0.422 e. The number of para-hydroxylation sites is 1. The Hall–Kier alpha value is -1.76. The number of nitrogens with one attached hydrogen (secondary N) is 1. The van der Waals surface area contributed by atoms with Crippen molar-refractivity contribution in [2.45, 2.75) is 26.6 Å². The molecular weight excluding hydrogens is 285 g/mol. The molecule has 0 aliphatic heterocycles. The molecule has 1 aromatic carbocycles. The number of carbonyl (C=O) groups excluding carboxylic acids is 1. The van der Waals surface area contributed by atoms with E-state index in [1.54, 1.807) is 12.1 Å². The lowest BCUT2D eigenvalue weighted by molar-refractivity contribution is -0.159. The number of hydrogen-bond acceptors (Lipinski definition) is 3. The van der Waals surface area contributed by atoms with Crippen LogP contribution in [-0.2, 0) is 11.3 Å². The van der Waals surface area contributed by atoms with E-state index in [0.29, 0.717) is 12.2 Å². The number of rotatable bonds is 6. The highest BCUT2D eigenvalue weighted by Gasteiger charge is 2.29. The van der Waals surface area contributed by atoms with Crippen molar-refractivity contribution in [2.24, 2.45) is 0 Å². The van der Waals surface area contributed by atoms with Crippen LogP contribution in [-0.4, -0.2) is 36.9 Å². The van der Waals surface area contributed by atoms with Crippen molar-refractivity contribution in [3.05, 3.63) is 29.8 Å². The van der Waals surface area contributed by atoms with Crippen molar-refractivity contribution in [1.29, 1.82) is 0 Å². The fourth-order valence-electron chi connectivity index (χ4n) is 1.76. The molecule has 0 spiro atoms.